The van der Waals surface area contributed by atoms with E-state index in [2.05, 4.69) is 4.98 Å². The molecule has 1 aromatic heterocycles. The molecule has 2 N–H and O–H groups in total. The highest BCUT2D eigenvalue weighted by Crippen LogP contribution is 2.36. The standard InChI is InChI=1S/C14H18F3N3O/c15-14(16,17)12-5-4-9(8-18)13(19-12)20-6-7-21-11-3-1-2-10(11)20/h4-5,10-11H,1-3,6-8,18H2. The van der Waals surface area contributed by atoms with Gasteiger partial charge in [0, 0.05) is 18.7 Å². The summed E-state index contributed by atoms with van der Waals surface area (Å²) in [6, 6.07) is 2.54. The Labute approximate surface area is 121 Å². The second kappa shape index (κ2) is 5.46. The summed E-state index contributed by atoms with van der Waals surface area (Å²) in [5.41, 5.74) is 5.46. The summed E-state index contributed by atoms with van der Waals surface area (Å²) in [4.78, 5) is 5.82. The van der Waals surface area contributed by atoms with E-state index in [1.165, 1.54) is 6.07 Å². The summed E-state index contributed by atoms with van der Waals surface area (Å²) in [7, 11) is 0. The Morgan fingerprint density at radius 3 is 2.86 bits per heavy atom. The topological polar surface area (TPSA) is 51.4 Å². The van der Waals surface area contributed by atoms with Crippen molar-refractivity contribution in [3.05, 3.63) is 23.4 Å². The van der Waals surface area contributed by atoms with Crippen molar-refractivity contribution in [3.8, 4) is 0 Å². The van der Waals surface area contributed by atoms with Gasteiger partial charge < -0.3 is 15.4 Å². The quantitative estimate of drug-likeness (QED) is 0.911. The van der Waals surface area contributed by atoms with Gasteiger partial charge in [-0.25, -0.2) is 4.98 Å². The van der Waals surface area contributed by atoms with E-state index in [0.29, 0.717) is 24.5 Å². The zero-order chi connectivity index (χ0) is 15.0. The first kappa shape index (κ1) is 14.6. The lowest BCUT2D eigenvalue weighted by atomic mass is 10.1. The Kier molecular flexibility index (Phi) is 3.79. The number of pyridine rings is 1. The van der Waals surface area contributed by atoms with Crippen molar-refractivity contribution in [2.45, 2.75) is 44.1 Å². The molecular weight excluding hydrogens is 283 g/mol. The summed E-state index contributed by atoms with van der Waals surface area (Å²) >= 11 is 0. The van der Waals surface area contributed by atoms with Gasteiger partial charge in [-0.15, -0.1) is 0 Å². The van der Waals surface area contributed by atoms with E-state index >= 15 is 0 Å². The van der Waals surface area contributed by atoms with Gasteiger partial charge in [0.2, 0.25) is 0 Å². The van der Waals surface area contributed by atoms with Crippen LogP contribution < -0.4 is 10.6 Å². The van der Waals surface area contributed by atoms with Crippen molar-refractivity contribution >= 4 is 5.82 Å². The molecular formula is C14H18F3N3O. The van der Waals surface area contributed by atoms with E-state index in [1.54, 1.807) is 0 Å². The SMILES string of the molecule is NCc1ccc(C(F)(F)F)nc1N1CCOC2CCCC21. The van der Waals surface area contributed by atoms with Crippen molar-refractivity contribution in [2.75, 3.05) is 18.1 Å². The third-order valence-electron chi connectivity index (χ3n) is 4.22. The molecule has 2 unspecified atom stereocenters. The number of alkyl halides is 3. The van der Waals surface area contributed by atoms with Gasteiger partial charge in [0.05, 0.1) is 18.8 Å². The second-order valence-electron chi connectivity index (χ2n) is 5.48. The highest BCUT2D eigenvalue weighted by Gasteiger charge is 2.39. The number of rotatable bonds is 2. The van der Waals surface area contributed by atoms with Gasteiger partial charge in [0.25, 0.3) is 0 Å². The van der Waals surface area contributed by atoms with Crippen LogP contribution in [-0.4, -0.2) is 30.3 Å². The van der Waals surface area contributed by atoms with Crippen LogP contribution in [0.4, 0.5) is 19.0 Å². The molecule has 1 aliphatic carbocycles. The number of halogens is 3. The van der Waals surface area contributed by atoms with Crippen molar-refractivity contribution in [3.63, 3.8) is 0 Å². The van der Waals surface area contributed by atoms with Crippen LogP contribution in [0.5, 0.6) is 0 Å². The molecule has 1 saturated carbocycles. The number of hydrogen-bond acceptors (Lipinski definition) is 4. The first-order valence-electron chi connectivity index (χ1n) is 7.16. The maximum atomic E-state index is 12.9. The molecule has 1 saturated heterocycles. The number of anilines is 1. The van der Waals surface area contributed by atoms with E-state index in [4.69, 9.17) is 10.5 Å². The first-order chi connectivity index (χ1) is 10.0. The molecule has 1 aliphatic heterocycles. The maximum absolute atomic E-state index is 12.9. The van der Waals surface area contributed by atoms with Crippen LogP contribution in [0.15, 0.2) is 12.1 Å². The molecule has 0 bridgehead atoms. The smallest absolute Gasteiger partial charge is 0.374 e. The molecule has 116 valence electrons. The van der Waals surface area contributed by atoms with Crippen LogP contribution in [0.3, 0.4) is 0 Å². The van der Waals surface area contributed by atoms with Gasteiger partial charge in [0.1, 0.15) is 11.5 Å². The average molecular weight is 301 g/mol. The van der Waals surface area contributed by atoms with Crippen molar-refractivity contribution in [2.24, 2.45) is 5.73 Å². The molecule has 0 aromatic carbocycles. The Hall–Kier alpha value is -1.34. The van der Waals surface area contributed by atoms with Gasteiger partial charge in [-0.05, 0) is 25.3 Å². The van der Waals surface area contributed by atoms with E-state index in [-0.39, 0.29) is 18.7 Å². The summed E-state index contributed by atoms with van der Waals surface area (Å²) in [6.07, 6.45) is -1.43. The minimum absolute atomic E-state index is 0.0979. The molecule has 1 aromatic rings. The molecule has 4 nitrogen and oxygen atoms in total. The van der Waals surface area contributed by atoms with Crippen LogP contribution in [0, 0.1) is 0 Å². The number of nitrogens with zero attached hydrogens (tertiary/aromatic N) is 2. The number of nitrogens with two attached hydrogens (primary N) is 1. The molecule has 2 fully saturated rings. The number of morpholine rings is 1. The molecule has 0 amide bonds. The number of hydrogen-bond donors (Lipinski definition) is 1. The highest BCUT2D eigenvalue weighted by molar-refractivity contribution is 5.50. The summed E-state index contributed by atoms with van der Waals surface area (Å²) in [5.74, 6) is 0.368. The number of fused-ring (bicyclic) bond motifs is 1. The highest BCUT2D eigenvalue weighted by atomic mass is 19.4. The molecule has 3 rings (SSSR count). The molecule has 2 heterocycles. The van der Waals surface area contributed by atoms with Gasteiger partial charge in [0.15, 0.2) is 0 Å². The summed E-state index contributed by atoms with van der Waals surface area (Å²) in [5, 5.41) is 0. The van der Waals surface area contributed by atoms with E-state index in [1.807, 2.05) is 4.90 Å². The van der Waals surface area contributed by atoms with Gasteiger partial charge in [-0.2, -0.15) is 13.2 Å². The van der Waals surface area contributed by atoms with Gasteiger partial charge >= 0.3 is 6.18 Å². The minimum atomic E-state index is -4.44. The zero-order valence-electron chi connectivity index (χ0n) is 11.6. The number of aromatic nitrogens is 1. The molecule has 0 spiro atoms. The molecule has 2 aliphatic rings. The van der Waals surface area contributed by atoms with Gasteiger partial charge in [-0.3, -0.25) is 0 Å². The predicted octanol–water partition coefficient (Wildman–Crippen LogP) is 2.32. The third-order valence-corrected chi connectivity index (χ3v) is 4.22. The number of ether oxygens (including phenoxy) is 1. The monoisotopic (exact) mass is 301 g/mol. The molecule has 0 radical (unpaired) electrons. The lowest BCUT2D eigenvalue weighted by molar-refractivity contribution is -0.141. The summed E-state index contributed by atoms with van der Waals surface area (Å²) < 4.78 is 44.4. The fourth-order valence-corrected chi connectivity index (χ4v) is 3.23. The van der Waals surface area contributed by atoms with E-state index in [9.17, 15) is 13.2 Å². The van der Waals surface area contributed by atoms with E-state index < -0.39 is 11.9 Å². The lowest BCUT2D eigenvalue weighted by Crippen LogP contribution is -2.49. The van der Waals surface area contributed by atoms with Crippen molar-refractivity contribution in [1.82, 2.24) is 4.98 Å². The normalized spacial score (nSPS) is 26.0. The third kappa shape index (κ3) is 2.72. The Morgan fingerprint density at radius 2 is 2.14 bits per heavy atom. The van der Waals surface area contributed by atoms with Crippen LogP contribution in [0.1, 0.15) is 30.5 Å². The van der Waals surface area contributed by atoms with Crippen LogP contribution in [0.2, 0.25) is 0 Å². The predicted molar refractivity (Wildman–Crippen MR) is 71.9 cm³/mol. The Morgan fingerprint density at radius 1 is 1.33 bits per heavy atom. The van der Waals surface area contributed by atoms with Gasteiger partial charge in [-0.1, -0.05) is 6.07 Å². The zero-order valence-corrected chi connectivity index (χ0v) is 11.6. The van der Waals surface area contributed by atoms with Crippen molar-refractivity contribution in [1.29, 1.82) is 0 Å². The Bertz CT molecular complexity index is 521. The van der Waals surface area contributed by atoms with Crippen molar-refractivity contribution < 1.29 is 17.9 Å². The maximum Gasteiger partial charge on any atom is 0.433 e. The Balaban J connectivity index is 1.99. The fourth-order valence-electron chi connectivity index (χ4n) is 3.23. The minimum Gasteiger partial charge on any atom is -0.374 e. The van der Waals surface area contributed by atoms with Crippen LogP contribution >= 0.6 is 0 Å². The molecule has 21 heavy (non-hydrogen) atoms. The lowest BCUT2D eigenvalue weighted by Gasteiger charge is -2.39. The van der Waals surface area contributed by atoms with Crippen LogP contribution in [-0.2, 0) is 17.5 Å². The molecule has 2 atom stereocenters. The summed E-state index contributed by atoms with van der Waals surface area (Å²) in [6.45, 7) is 1.25. The first-order valence-corrected chi connectivity index (χ1v) is 7.16. The van der Waals surface area contributed by atoms with Crippen LogP contribution in [0.25, 0.3) is 0 Å². The molecule has 7 heteroatoms. The fraction of sp³-hybridized carbons (Fsp3) is 0.643. The van der Waals surface area contributed by atoms with E-state index in [0.717, 1.165) is 25.3 Å². The average Bonchev–Trinajstić information content (AvgIpc) is 2.94. The largest absolute Gasteiger partial charge is 0.433 e. The second-order valence-corrected chi connectivity index (χ2v) is 5.48.